The smallest absolute Gasteiger partial charge is 0.326 e. The zero-order chi connectivity index (χ0) is 13.4. The Balaban J connectivity index is 4.25. The van der Waals surface area contributed by atoms with Crippen molar-refractivity contribution in [1.82, 2.24) is 5.32 Å². The van der Waals surface area contributed by atoms with Gasteiger partial charge in [-0.2, -0.15) is 0 Å². The first kappa shape index (κ1) is 15.9. The number of aliphatic carboxylic acids is 1. The lowest BCUT2D eigenvalue weighted by Crippen LogP contribution is -2.42. The van der Waals surface area contributed by atoms with Gasteiger partial charge in [0.05, 0.1) is 0 Å². The summed E-state index contributed by atoms with van der Waals surface area (Å²) in [5, 5.41) is 11.5. The van der Waals surface area contributed by atoms with Crippen molar-refractivity contribution in [2.24, 2.45) is 17.6 Å². The van der Waals surface area contributed by atoms with Crippen LogP contribution >= 0.6 is 0 Å². The molecule has 2 atom stereocenters. The number of nitrogens with one attached hydrogen (secondary N) is 1. The molecular formula is C12H24N2O3. The second-order valence-corrected chi connectivity index (χ2v) is 4.80. The number of hydrogen-bond acceptors (Lipinski definition) is 3. The first-order valence-corrected chi connectivity index (χ1v) is 6.12. The van der Waals surface area contributed by atoms with Crippen molar-refractivity contribution < 1.29 is 14.7 Å². The van der Waals surface area contributed by atoms with E-state index >= 15 is 0 Å². The van der Waals surface area contributed by atoms with Crippen LogP contribution < -0.4 is 11.1 Å². The van der Waals surface area contributed by atoms with Gasteiger partial charge >= 0.3 is 5.97 Å². The molecule has 0 saturated carbocycles. The molecular weight excluding hydrogens is 220 g/mol. The summed E-state index contributed by atoms with van der Waals surface area (Å²) >= 11 is 0. The zero-order valence-corrected chi connectivity index (χ0v) is 10.9. The summed E-state index contributed by atoms with van der Waals surface area (Å²) in [6, 6.07) is -0.794. The SMILES string of the molecule is CCC(CN)CC(=O)N[C@@H](CC(C)C)C(=O)O. The molecule has 0 heterocycles. The molecule has 5 heteroatoms. The van der Waals surface area contributed by atoms with Gasteiger partial charge in [0.1, 0.15) is 6.04 Å². The molecule has 0 saturated heterocycles. The van der Waals surface area contributed by atoms with E-state index < -0.39 is 12.0 Å². The van der Waals surface area contributed by atoms with Gasteiger partial charge in [0.15, 0.2) is 0 Å². The Kier molecular flexibility index (Phi) is 7.54. The van der Waals surface area contributed by atoms with E-state index in [9.17, 15) is 9.59 Å². The summed E-state index contributed by atoms with van der Waals surface area (Å²) < 4.78 is 0. The molecule has 1 unspecified atom stereocenters. The summed E-state index contributed by atoms with van der Waals surface area (Å²) in [4.78, 5) is 22.6. The van der Waals surface area contributed by atoms with E-state index in [1.165, 1.54) is 0 Å². The molecule has 5 nitrogen and oxygen atoms in total. The topological polar surface area (TPSA) is 92.4 Å². The van der Waals surface area contributed by atoms with Crippen molar-refractivity contribution in [2.75, 3.05) is 6.54 Å². The normalized spacial score (nSPS) is 14.4. The van der Waals surface area contributed by atoms with Crippen molar-refractivity contribution in [1.29, 1.82) is 0 Å². The maximum Gasteiger partial charge on any atom is 0.326 e. The van der Waals surface area contributed by atoms with Gasteiger partial charge in [-0.15, -0.1) is 0 Å². The predicted octanol–water partition coefficient (Wildman–Crippen LogP) is 0.977. The quantitative estimate of drug-likeness (QED) is 0.593. The van der Waals surface area contributed by atoms with Crippen LogP contribution in [0.2, 0.25) is 0 Å². The first-order valence-electron chi connectivity index (χ1n) is 6.12. The molecule has 0 fully saturated rings. The molecule has 0 radical (unpaired) electrons. The lowest BCUT2D eigenvalue weighted by Gasteiger charge is -2.18. The van der Waals surface area contributed by atoms with Gasteiger partial charge in [-0.1, -0.05) is 27.2 Å². The highest BCUT2D eigenvalue weighted by atomic mass is 16.4. The average molecular weight is 244 g/mol. The van der Waals surface area contributed by atoms with Crippen molar-refractivity contribution in [3.63, 3.8) is 0 Å². The average Bonchev–Trinajstić information content (AvgIpc) is 2.24. The van der Waals surface area contributed by atoms with Gasteiger partial charge in [-0.25, -0.2) is 4.79 Å². The Labute approximate surface area is 103 Å². The number of amides is 1. The van der Waals surface area contributed by atoms with Crippen LogP contribution in [0.3, 0.4) is 0 Å². The lowest BCUT2D eigenvalue weighted by molar-refractivity contribution is -0.142. The second-order valence-electron chi connectivity index (χ2n) is 4.80. The number of carbonyl (C=O) groups is 2. The van der Waals surface area contributed by atoms with Crippen LogP contribution in [0.15, 0.2) is 0 Å². The van der Waals surface area contributed by atoms with Crippen LogP contribution in [-0.4, -0.2) is 29.6 Å². The molecule has 0 aliphatic heterocycles. The highest BCUT2D eigenvalue weighted by molar-refractivity contribution is 5.83. The standard InChI is InChI=1S/C12H24N2O3/c1-4-9(7-13)6-11(15)14-10(12(16)17)5-8(2)3/h8-10H,4-7,13H2,1-3H3,(H,14,15)(H,16,17)/t9?,10-/m0/s1. The lowest BCUT2D eigenvalue weighted by atomic mass is 10.0. The van der Waals surface area contributed by atoms with E-state index in [2.05, 4.69) is 5.32 Å². The Bertz CT molecular complexity index is 250. The molecule has 4 N–H and O–H groups in total. The molecule has 0 bridgehead atoms. The molecule has 17 heavy (non-hydrogen) atoms. The van der Waals surface area contributed by atoms with Gasteiger partial charge in [-0.3, -0.25) is 4.79 Å². The third-order valence-corrected chi connectivity index (χ3v) is 2.73. The van der Waals surface area contributed by atoms with Crippen LogP contribution in [0, 0.1) is 11.8 Å². The number of rotatable bonds is 8. The number of carboxylic acid groups (broad SMARTS) is 1. The minimum absolute atomic E-state index is 0.128. The fraction of sp³-hybridized carbons (Fsp3) is 0.833. The highest BCUT2D eigenvalue weighted by Gasteiger charge is 2.21. The van der Waals surface area contributed by atoms with Gasteiger partial charge in [0, 0.05) is 6.42 Å². The summed E-state index contributed by atoms with van der Waals surface area (Å²) in [6.45, 7) is 6.27. The molecule has 0 aromatic rings. The van der Waals surface area contributed by atoms with Crippen LogP contribution in [0.25, 0.3) is 0 Å². The molecule has 1 amide bonds. The number of carboxylic acids is 1. The maximum absolute atomic E-state index is 11.6. The molecule has 100 valence electrons. The first-order chi connectivity index (χ1) is 7.90. The van der Waals surface area contributed by atoms with Crippen LogP contribution in [-0.2, 0) is 9.59 Å². The van der Waals surface area contributed by atoms with Gasteiger partial charge in [-0.05, 0) is 24.8 Å². The Hall–Kier alpha value is -1.10. The Morgan fingerprint density at radius 1 is 1.35 bits per heavy atom. The minimum atomic E-state index is -0.979. The van der Waals surface area contributed by atoms with Crippen LogP contribution in [0.5, 0.6) is 0 Å². The minimum Gasteiger partial charge on any atom is -0.480 e. The van der Waals surface area contributed by atoms with Crippen LogP contribution in [0.1, 0.15) is 40.0 Å². The van der Waals surface area contributed by atoms with Crippen molar-refractivity contribution in [2.45, 2.75) is 46.1 Å². The maximum atomic E-state index is 11.6. The summed E-state index contributed by atoms with van der Waals surface area (Å²) in [6.07, 6.45) is 1.57. The van der Waals surface area contributed by atoms with Gasteiger partial charge in [0.25, 0.3) is 0 Å². The Morgan fingerprint density at radius 2 is 1.94 bits per heavy atom. The highest BCUT2D eigenvalue weighted by Crippen LogP contribution is 2.08. The molecule has 0 aliphatic rings. The largest absolute Gasteiger partial charge is 0.480 e. The summed E-state index contributed by atoms with van der Waals surface area (Å²) in [5.74, 6) is -0.848. The van der Waals surface area contributed by atoms with E-state index in [-0.39, 0.29) is 17.7 Å². The summed E-state index contributed by atoms with van der Waals surface area (Å²) in [7, 11) is 0. The molecule has 0 spiro atoms. The van der Waals surface area contributed by atoms with E-state index in [0.717, 1.165) is 6.42 Å². The monoisotopic (exact) mass is 244 g/mol. The molecule has 0 aromatic heterocycles. The van der Waals surface area contributed by atoms with E-state index in [1.54, 1.807) is 0 Å². The number of hydrogen-bond donors (Lipinski definition) is 3. The fourth-order valence-electron chi connectivity index (χ4n) is 1.60. The van der Waals surface area contributed by atoms with Crippen molar-refractivity contribution >= 4 is 11.9 Å². The van der Waals surface area contributed by atoms with E-state index in [1.807, 2.05) is 20.8 Å². The summed E-state index contributed by atoms with van der Waals surface area (Å²) in [5.41, 5.74) is 5.51. The fourth-order valence-corrected chi connectivity index (χ4v) is 1.60. The molecule has 0 aromatic carbocycles. The predicted molar refractivity (Wildman–Crippen MR) is 66.5 cm³/mol. The van der Waals surface area contributed by atoms with Gasteiger partial charge in [0.2, 0.25) is 5.91 Å². The molecule has 0 rings (SSSR count). The number of carbonyl (C=O) groups excluding carboxylic acids is 1. The van der Waals surface area contributed by atoms with Gasteiger partial charge < -0.3 is 16.2 Å². The van der Waals surface area contributed by atoms with Crippen molar-refractivity contribution in [3.8, 4) is 0 Å². The third kappa shape index (κ3) is 6.94. The molecule has 0 aliphatic carbocycles. The van der Waals surface area contributed by atoms with E-state index in [0.29, 0.717) is 19.4 Å². The zero-order valence-electron chi connectivity index (χ0n) is 10.9. The van der Waals surface area contributed by atoms with E-state index in [4.69, 9.17) is 10.8 Å². The second kappa shape index (κ2) is 8.06. The van der Waals surface area contributed by atoms with Crippen LogP contribution in [0.4, 0.5) is 0 Å². The Morgan fingerprint density at radius 3 is 2.29 bits per heavy atom. The third-order valence-electron chi connectivity index (χ3n) is 2.73. The number of nitrogens with two attached hydrogens (primary N) is 1. The van der Waals surface area contributed by atoms with Crippen molar-refractivity contribution in [3.05, 3.63) is 0 Å².